The Labute approximate surface area is 209 Å². The highest BCUT2D eigenvalue weighted by molar-refractivity contribution is 6.07. The fourth-order valence-electron chi connectivity index (χ4n) is 4.20. The third kappa shape index (κ3) is 5.27. The molecule has 2 saturated heterocycles. The van der Waals surface area contributed by atoms with Crippen LogP contribution in [0.3, 0.4) is 0 Å². The fourth-order valence-corrected chi connectivity index (χ4v) is 4.20. The van der Waals surface area contributed by atoms with Crippen LogP contribution in [0.1, 0.15) is 50.7 Å². The summed E-state index contributed by atoms with van der Waals surface area (Å²) < 4.78 is 11.6. The molecule has 0 bridgehead atoms. The normalized spacial score (nSPS) is 23.1. The summed E-state index contributed by atoms with van der Waals surface area (Å²) in [4.78, 5) is 46.9. The smallest absolute Gasteiger partial charge is 0.322 e. The Hall–Kier alpha value is -4.08. The molecule has 2 aliphatic rings. The average molecular weight is 495 g/mol. The molecule has 0 aliphatic carbocycles. The van der Waals surface area contributed by atoms with Crippen molar-refractivity contribution in [3.05, 3.63) is 59.7 Å². The maximum atomic E-state index is 12.0. The van der Waals surface area contributed by atoms with Gasteiger partial charge in [0.15, 0.2) is 0 Å². The maximum absolute atomic E-state index is 12.0. The van der Waals surface area contributed by atoms with Crippen molar-refractivity contribution in [2.75, 3.05) is 13.2 Å². The van der Waals surface area contributed by atoms with Crippen LogP contribution in [-0.4, -0.2) is 37.1 Å². The summed E-state index contributed by atoms with van der Waals surface area (Å²) in [6, 6.07) is 13.3. The van der Waals surface area contributed by atoms with Crippen molar-refractivity contribution in [3.63, 3.8) is 0 Å². The van der Waals surface area contributed by atoms with Crippen molar-refractivity contribution in [2.45, 2.75) is 50.6 Å². The van der Waals surface area contributed by atoms with Crippen molar-refractivity contribution < 1.29 is 28.7 Å². The van der Waals surface area contributed by atoms with Gasteiger partial charge in [-0.3, -0.25) is 20.2 Å². The first kappa shape index (κ1) is 25.0. The van der Waals surface area contributed by atoms with E-state index in [9.17, 15) is 19.2 Å². The Morgan fingerprint density at radius 1 is 0.583 bits per heavy atom. The van der Waals surface area contributed by atoms with Crippen LogP contribution in [0.25, 0.3) is 0 Å². The summed E-state index contributed by atoms with van der Waals surface area (Å²) in [5, 5.41) is 9.79. The Morgan fingerprint density at radius 3 is 1.25 bits per heavy atom. The minimum Gasteiger partial charge on any atom is -0.494 e. The quantitative estimate of drug-likeness (QED) is 0.280. The summed E-state index contributed by atoms with van der Waals surface area (Å²) >= 11 is 0. The Morgan fingerprint density at radius 2 is 0.944 bits per heavy atom. The number of carbonyl (C=O) groups excluding carboxylic acids is 4. The van der Waals surface area contributed by atoms with E-state index in [1.807, 2.05) is 0 Å². The number of unbranched alkanes of at least 4 members (excludes halogenated alkanes) is 3. The first-order valence-corrected chi connectivity index (χ1v) is 11.9. The second kappa shape index (κ2) is 10.3. The Kier molecular flexibility index (Phi) is 7.14. The monoisotopic (exact) mass is 494 g/mol. The molecule has 0 radical (unpaired) electrons. The van der Waals surface area contributed by atoms with Crippen molar-refractivity contribution in [2.24, 2.45) is 0 Å². The Balaban J connectivity index is 1.10. The van der Waals surface area contributed by atoms with Gasteiger partial charge in [-0.25, -0.2) is 9.59 Å². The summed E-state index contributed by atoms with van der Waals surface area (Å²) in [5.74, 6) is 0.680. The van der Waals surface area contributed by atoms with E-state index in [0.29, 0.717) is 35.8 Å². The zero-order chi connectivity index (χ0) is 25.8. The predicted molar refractivity (Wildman–Crippen MR) is 130 cm³/mol. The molecule has 2 aromatic rings. The van der Waals surface area contributed by atoms with Crippen LogP contribution in [-0.2, 0) is 20.7 Å². The molecule has 10 nitrogen and oxygen atoms in total. The van der Waals surface area contributed by atoms with Crippen LogP contribution in [0.15, 0.2) is 48.5 Å². The molecule has 2 aliphatic heterocycles. The Bertz CT molecular complexity index is 1060. The highest BCUT2D eigenvalue weighted by atomic mass is 16.5. The molecule has 2 heterocycles. The van der Waals surface area contributed by atoms with Crippen LogP contribution in [0.5, 0.6) is 11.5 Å². The van der Waals surface area contributed by atoms with Crippen LogP contribution >= 0.6 is 0 Å². The van der Waals surface area contributed by atoms with Gasteiger partial charge in [-0.15, -0.1) is 0 Å². The average Bonchev–Trinajstić information content (AvgIpc) is 3.28. The molecule has 2 unspecified atom stereocenters. The third-order valence-electron chi connectivity index (χ3n) is 6.53. The van der Waals surface area contributed by atoms with Gasteiger partial charge in [0.2, 0.25) is 0 Å². The number of hydrogen-bond donors (Lipinski definition) is 4. The van der Waals surface area contributed by atoms with Crippen LogP contribution in [0, 0.1) is 0 Å². The van der Waals surface area contributed by atoms with Crippen LogP contribution in [0.4, 0.5) is 9.59 Å². The number of benzene rings is 2. The first-order valence-electron chi connectivity index (χ1n) is 11.9. The molecule has 6 amide bonds. The second-order valence-corrected chi connectivity index (χ2v) is 9.23. The number of imide groups is 2. The number of amides is 6. The number of carbonyl (C=O) groups is 4. The van der Waals surface area contributed by atoms with Gasteiger partial charge in [-0.2, -0.15) is 0 Å². The minimum absolute atomic E-state index is 0.371. The second-order valence-electron chi connectivity index (χ2n) is 9.23. The molecule has 0 saturated carbocycles. The molecule has 2 atom stereocenters. The van der Waals surface area contributed by atoms with Crippen LogP contribution in [0.2, 0.25) is 0 Å². The van der Waals surface area contributed by atoms with Gasteiger partial charge >= 0.3 is 12.1 Å². The van der Waals surface area contributed by atoms with Gasteiger partial charge in [0.05, 0.1) is 13.2 Å². The van der Waals surface area contributed by atoms with Crippen molar-refractivity contribution in [3.8, 4) is 11.5 Å². The summed E-state index contributed by atoms with van der Waals surface area (Å²) in [6.45, 7) is 4.50. The summed E-state index contributed by atoms with van der Waals surface area (Å²) in [6.07, 6.45) is 3.80. The largest absolute Gasteiger partial charge is 0.494 e. The van der Waals surface area contributed by atoms with Gasteiger partial charge in [0.1, 0.15) is 22.6 Å². The molecule has 36 heavy (non-hydrogen) atoms. The minimum atomic E-state index is -1.07. The van der Waals surface area contributed by atoms with E-state index in [4.69, 9.17) is 9.47 Å². The molecule has 0 spiro atoms. The highest BCUT2D eigenvalue weighted by Crippen LogP contribution is 2.27. The van der Waals surface area contributed by atoms with Crippen molar-refractivity contribution >= 4 is 23.9 Å². The number of urea groups is 2. The zero-order valence-electron chi connectivity index (χ0n) is 20.3. The zero-order valence-corrected chi connectivity index (χ0v) is 20.3. The summed E-state index contributed by atoms with van der Waals surface area (Å²) in [5.41, 5.74) is -0.750. The van der Waals surface area contributed by atoms with E-state index >= 15 is 0 Å². The van der Waals surface area contributed by atoms with Crippen LogP contribution < -0.4 is 30.7 Å². The van der Waals surface area contributed by atoms with E-state index < -0.39 is 23.1 Å². The fraction of sp³-hybridized carbons (Fsp3) is 0.385. The van der Waals surface area contributed by atoms with E-state index in [2.05, 4.69) is 21.3 Å². The number of ether oxygens (including phenoxy) is 2. The maximum Gasteiger partial charge on any atom is 0.322 e. The lowest BCUT2D eigenvalue weighted by Crippen LogP contribution is -2.40. The first-order chi connectivity index (χ1) is 17.2. The van der Waals surface area contributed by atoms with E-state index in [1.54, 1.807) is 62.4 Å². The van der Waals surface area contributed by atoms with Gasteiger partial charge in [0.25, 0.3) is 11.8 Å². The molecule has 2 aromatic carbocycles. The molecular weight excluding hydrogens is 464 g/mol. The lowest BCUT2D eigenvalue weighted by atomic mass is 9.92. The van der Waals surface area contributed by atoms with E-state index in [0.717, 1.165) is 25.7 Å². The molecular formula is C26H30N4O6. The van der Waals surface area contributed by atoms with Crippen molar-refractivity contribution in [1.29, 1.82) is 0 Å². The molecule has 4 rings (SSSR count). The van der Waals surface area contributed by atoms with Gasteiger partial charge in [0, 0.05) is 0 Å². The third-order valence-corrected chi connectivity index (χ3v) is 6.53. The van der Waals surface area contributed by atoms with E-state index in [-0.39, 0.29) is 11.8 Å². The van der Waals surface area contributed by atoms with Gasteiger partial charge < -0.3 is 20.1 Å². The lowest BCUT2D eigenvalue weighted by molar-refractivity contribution is -0.124. The predicted octanol–water partition coefficient (Wildman–Crippen LogP) is 2.81. The molecule has 190 valence electrons. The summed E-state index contributed by atoms with van der Waals surface area (Å²) in [7, 11) is 0. The topological polar surface area (TPSA) is 135 Å². The SMILES string of the molecule is CC1(c2ccc(OCCCCCCOc3ccc(C4(C)NC(=O)NC4=O)cc3)cc2)NC(=O)NC1=O. The van der Waals surface area contributed by atoms with E-state index in [1.165, 1.54) is 0 Å². The number of hydrogen-bond acceptors (Lipinski definition) is 6. The number of nitrogens with one attached hydrogen (secondary N) is 4. The molecule has 4 N–H and O–H groups in total. The highest BCUT2D eigenvalue weighted by Gasteiger charge is 2.44. The number of rotatable bonds is 11. The molecule has 10 heteroatoms. The molecule has 2 fully saturated rings. The van der Waals surface area contributed by atoms with Crippen molar-refractivity contribution in [1.82, 2.24) is 21.3 Å². The van der Waals surface area contributed by atoms with Gasteiger partial charge in [-0.1, -0.05) is 24.3 Å². The lowest BCUT2D eigenvalue weighted by Gasteiger charge is -2.21. The molecule has 0 aromatic heterocycles. The van der Waals surface area contributed by atoms with Gasteiger partial charge in [-0.05, 0) is 74.9 Å². The standard InChI is InChI=1S/C26H30N4O6/c1-25(21(31)27-23(33)29-25)17-7-11-19(12-8-17)35-15-5-3-4-6-16-36-20-13-9-18(10-14-20)26(2)22(32)28-24(34)30-26/h7-14H,3-6,15-16H2,1-2H3,(H2,27,29,31,33)(H2,28,30,32,34).